The highest BCUT2D eigenvalue weighted by molar-refractivity contribution is 5.98. The van der Waals surface area contributed by atoms with Gasteiger partial charge in [0.25, 0.3) is 0 Å². The molecule has 4 aromatic rings. The van der Waals surface area contributed by atoms with Gasteiger partial charge >= 0.3 is 0 Å². The number of nitrogens with zero attached hydrogens (tertiary/aromatic N) is 3. The summed E-state index contributed by atoms with van der Waals surface area (Å²) in [7, 11) is 0. The molecule has 2 aromatic carbocycles. The van der Waals surface area contributed by atoms with Crippen molar-refractivity contribution in [3.05, 3.63) is 107 Å². The van der Waals surface area contributed by atoms with E-state index < -0.39 is 0 Å². The number of aromatic nitrogens is 3. The number of phenolic OH excluding ortho intramolecular Hbond substituents is 1. The van der Waals surface area contributed by atoms with E-state index in [0.717, 1.165) is 52.9 Å². The summed E-state index contributed by atoms with van der Waals surface area (Å²) in [5, 5.41) is 14.9. The molecule has 1 aliphatic carbocycles. The number of anilines is 1. The topological polar surface area (TPSA) is 72.5 Å². The molecule has 0 saturated heterocycles. The van der Waals surface area contributed by atoms with Gasteiger partial charge in [-0.25, -0.2) is 9.37 Å². The van der Waals surface area contributed by atoms with Crippen LogP contribution in [0.5, 0.6) is 5.75 Å². The van der Waals surface area contributed by atoms with Gasteiger partial charge in [-0.15, -0.1) is 0 Å². The minimum atomic E-state index is -0.324. The van der Waals surface area contributed by atoms with E-state index in [4.69, 9.17) is 0 Å². The van der Waals surface area contributed by atoms with Gasteiger partial charge in [0.1, 0.15) is 17.3 Å². The molecule has 37 heavy (non-hydrogen) atoms. The summed E-state index contributed by atoms with van der Waals surface area (Å²) in [5.74, 6) is 0.0182. The standard InChI is InChI=1S/C30H31FN4O2/c1-20(2)28-14-13-24(16-32-28)35(30(37)27-7-3-6-26-25(27)5-4-8-29(26)36)19-22-15-33-34(18-22)17-21-9-11-23(31)12-10-21/h4-5,8-16,18,20,27,36H,3,6-7,17,19H2,1-2H3/p+1. The van der Waals surface area contributed by atoms with E-state index >= 15 is 0 Å². The van der Waals surface area contributed by atoms with Crippen LogP contribution in [-0.4, -0.2) is 20.8 Å². The summed E-state index contributed by atoms with van der Waals surface area (Å²) in [5.41, 5.74) is 5.51. The first-order chi connectivity index (χ1) is 17.9. The maximum Gasteiger partial charge on any atom is 0.235 e. The number of carbonyl (C=O) groups excluding carboxylic acids is 1. The lowest BCUT2D eigenvalue weighted by atomic mass is 9.81. The van der Waals surface area contributed by atoms with Crippen LogP contribution in [0.1, 0.15) is 66.5 Å². The number of aromatic hydroxyl groups is 1. The van der Waals surface area contributed by atoms with Crippen molar-refractivity contribution in [1.82, 2.24) is 9.78 Å². The maximum atomic E-state index is 14.1. The summed E-state index contributed by atoms with van der Waals surface area (Å²) in [6, 6.07) is 15.9. The van der Waals surface area contributed by atoms with Crippen LogP contribution in [0.2, 0.25) is 0 Å². The smallest absolute Gasteiger partial charge is 0.235 e. The Balaban J connectivity index is 1.44. The zero-order valence-electron chi connectivity index (χ0n) is 21.2. The van der Waals surface area contributed by atoms with Crippen molar-refractivity contribution in [2.45, 2.75) is 58.0 Å². The zero-order chi connectivity index (χ0) is 25.9. The van der Waals surface area contributed by atoms with Crippen LogP contribution >= 0.6 is 0 Å². The Morgan fingerprint density at radius 3 is 2.70 bits per heavy atom. The SMILES string of the molecule is CC(C)c1ccc(N(Cc2cnn(Cc3ccc(F)cc3)c2)C(=O)C2CCCc3c(O)cccc32)c[nH+]1. The van der Waals surface area contributed by atoms with Gasteiger partial charge in [0.15, 0.2) is 11.9 Å². The third kappa shape index (κ3) is 5.40. The van der Waals surface area contributed by atoms with Crippen molar-refractivity contribution in [3.8, 4) is 5.75 Å². The molecule has 5 rings (SSSR count). The Bertz CT molecular complexity index is 1380. The summed E-state index contributed by atoms with van der Waals surface area (Å²) in [4.78, 5) is 19.2. The molecule has 1 amide bonds. The number of fused-ring (bicyclic) bond motifs is 1. The van der Waals surface area contributed by atoms with Crippen molar-refractivity contribution in [2.75, 3.05) is 4.90 Å². The van der Waals surface area contributed by atoms with E-state index in [0.29, 0.717) is 19.0 Å². The third-order valence-electron chi connectivity index (χ3n) is 7.09. The Labute approximate surface area is 216 Å². The molecule has 0 fully saturated rings. The van der Waals surface area contributed by atoms with Crippen molar-refractivity contribution < 1.29 is 19.3 Å². The van der Waals surface area contributed by atoms with Crippen molar-refractivity contribution in [2.24, 2.45) is 0 Å². The Morgan fingerprint density at radius 1 is 1.16 bits per heavy atom. The van der Waals surface area contributed by atoms with Gasteiger partial charge in [-0.05, 0) is 60.2 Å². The minimum absolute atomic E-state index is 0.00327. The van der Waals surface area contributed by atoms with Crippen molar-refractivity contribution in [3.63, 3.8) is 0 Å². The van der Waals surface area contributed by atoms with E-state index in [-0.39, 0.29) is 23.4 Å². The second-order valence-corrected chi connectivity index (χ2v) is 10.0. The number of nitrogens with one attached hydrogen (secondary N) is 1. The van der Waals surface area contributed by atoms with Crippen LogP contribution < -0.4 is 9.88 Å². The van der Waals surface area contributed by atoms with Gasteiger partial charge in [-0.1, -0.05) is 38.1 Å². The highest BCUT2D eigenvalue weighted by atomic mass is 19.1. The summed E-state index contributed by atoms with van der Waals surface area (Å²) >= 11 is 0. The number of pyridine rings is 1. The molecule has 0 aliphatic heterocycles. The maximum absolute atomic E-state index is 14.1. The number of carbonyl (C=O) groups is 1. The molecule has 1 atom stereocenters. The zero-order valence-corrected chi connectivity index (χ0v) is 21.2. The number of H-pyrrole nitrogens is 1. The number of amides is 1. The van der Waals surface area contributed by atoms with Crippen LogP contribution in [0.3, 0.4) is 0 Å². The van der Waals surface area contributed by atoms with Gasteiger partial charge in [0, 0.05) is 23.7 Å². The van der Waals surface area contributed by atoms with E-state index in [9.17, 15) is 14.3 Å². The van der Waals surface area contributed by atoms with E-state index in [1.807, 2.05) is 41.6 Å². The number of rotatable bonds is 7. The third-order valence-corrected chi connectivity index (χ3v) is 7.09. The van der Waals surface area contributed by atoms with Gasteiger partial charge in [0.2, 0.25) is 5.91 Å². The fourth-order valence-electron chi connectivity index (χ4n) is 5.06. The molecular weight excluding hydrogens is 467 g/mol. The van der Waals surface area contributed by atoms with Crippen LogP contribution in [0.4, 0.5) is 10.1 Å². The van der Waals surface area contributed by atoms with Gasteiger partial charge in [-0.3, -0.25) is 9.48 Å². The largest absolute Gasteiger partial charge is 0.508 e. The summed E-state index contributed by atoms with van der Waals surface area (Å²) in [6.45, 7) is 5.12. The van der Waals surface area contributed by atoms with E-state index in [1.54, 1.807) is 29.1 Å². The first-order valence-corrected chi connectivity index (χ1v) is 12.8. The van der Waals surface area contributed by atoms with Gasteiger partial charge in [-0.2, -0.15) is 5.10 Å². The van der Waals surface area contributed by atoms with Gasteiger partial charge in [0.05, 0.1) is 25.2 Å². The molecule has 7 heteroatoms. The summed E-state index contributed by atoms with van der Waals surface area (Å²) < 4.78 is 15.1. The molecule has 1 aliphatic rings. The molecule has 0 radical (unpaired) electrons. The highest BCUT2D eigenvalue weighted by Crippen LogP contribution is 2.38. The lowest BCUT2D eigenvalue weighted by Crippen LogP contribution is -2.37. The van der Waals surface area contributed by atoms with Crippen LogP contribution in [0, 0.1) is 5.82 Å². The summed E-state index contributed by atoms with van der Waals surface area (Å²) in [6.07, 6.45) is 7.96. The van der Waals surface area contributed by atoms with Crippen molar-refractivity contribution >= 4 is 11.6 Å². The predicted molar refractivity (Wildman–Crippen MR) is 140 cm³/mol. The Morgan fingerprint density at radius 2 is 1.97 bits per heavy atom. The molecule has 2 heterocycles. The molecule has 190 valence electrons. The average Bonchev–Trinajstić information content (AvgIpc) is 3.35. The fourth-order valence-corrected chi connectivity index (χ4v) is 5.06. The normalized spacial score (nSPS) is 15.0. The van der Waals surface area contributed by atoms with Crippen LogP contribution in [-0.2, 0) is 24.3 Å². The fraction of sp³-hybridized carbons (Fsp3) is 0.300. The lowest BCUT2D eigenvalue weighted by molar-refractivity contribution is -0.391. The monoisotopic (exact) mass is 499 g/mol. The molecule has 2 N–H and O–H groups in total. The number of aromatic amines is 1. The predicted octanol–water partition coefficient (Wildman–Crippen LogP) is 5.37. The number of hydrogen-bond donors (Lipinski definition) is 1. The number of phenols is 1. The Kier molecular flexibility index (Phi) is 7.04. The molecule has 1 unspecified atom stereocenters. The highest BCUT2D eigenvalue weighted by Gasteiger charge is 2.32. The first kappa shape index (κ1) is 24.7. The van der Waals surface area contributed by atoms with E-state index in [2.05, 4.69) is 23.9 Å². The van der Waals surface area contributed by atoms with Crippen molar-refractivity contribution in [1.29, 1.82) is 0 Å². The number of benzene rings is 2. The molecule has 6 nitrogen and oxygen atoms in total. The first-order valence-electron chi connectivity index (χ1n) is 12.8. The molecule has 0 saturated carbocycles. The second-order valence-electron chi connectivity index (χ2n) is 10.0. The lowest BCUT2D eigenvalue weighted by Gasteiger charge is -2.30. The Hall–Kier alpha value is -4.00. The molecular formula is C30H32FN4O2+. The quantitative estimate of drug-likeness (QED) is 0.372. The average molecular weight is 500 g/mol. The van der Waals surface area contributed by atoms with Crippen LogP contribution in [0.15, 0.2) is 73.2 Å². The number of halogens is 1. The number of hydrogen-bond acceptors (Lipinski definition) is 3. The van der Waals surface area contributed by atoms with Gasteiger partial charge < -0.3 is 10.0 Å². The molecule has 0 spiro atoms. The molecule has 0 bridgehead atoms. The second kappa shape index (κ2) is 10.5. The van der Waals surface area contributed by atoms with Crippen LogP contribution in [0.25, 0.3) is 0 Å². The minimum Gasteiger partial charge on any atom is -0.508 e. The molecule has 2 aromatic heterocycles. The van der Waals surface area contributed by atoms with E-state index in [1.165, 1.54) is 12.1 Å².